The van der Waals surface area contributed by atoms with Gasteiger partial charge in [0.05, 0.1) is 13.5 Å². The van der Waals surface area contributed by atoms with E-state index in [0.29, 0.717) is 13.2 Å². The lowest BCUT2D eigenvalue weighted by molar-refractivity contribution is -0.139. The van der Waals surface area contributed by atoms with E-state index >= 15 is 0 Å². The third kappa shape index (κ3) is 2.48. The van der Waals surface area contributed by atoms with Crippen molar-refractivity contribution in [2.75, 3.05) is 20.3 Å². The molecule has 1 saturated heterocycles. The Morgan fingerprint density at radius 3 is 2.67 bits per heavy atom. The van der Waals surface area contributed by atoms with Crippen LogP contribution in [0.25, 0.3) is 0 Å². The van der Waals surface area contributed by atoms with Gasteiger partial charge in [-0.25, -0.2) is 0 Å². The molecule has 1 aromatic carbocycles. The van der Waals surface area contributed by atoms with Crippen molar-refractivity contribution in [1.29, 1.82) is 0 Å². The lowest BCUT2D eigenvalue weighted by atomic mass is 9.71. The van der Waals surface area contributed by atoms with Crippen molar-refractivity contribution in [3.05, 3.63) is 29.8 Å². The Kier molecular flexibility index (Phi) is 3.87. The molecule has 0 unspecified atom stereocenters. The maximum absolute atomic E-state index is 11.2. The summed E-state index contributed by atoms with van der Waals surface area (Å²) >= 11 is 0. The normalized spacial score (nSPS) is 18.3. The second-order valence-corrected chi connectivity index (χ2v) is 4.66. The molecule has 1 aromatic rings. The maximum Gasteiger partial charge on any atom is 0.304 e. The van der Waals surface area contributed by atoms with E-state index < -0.39 is 5.97 Å². The second-order valence-electron chi connectivity index (χ2n) is 4.66. The molecule has 0 amide bonds. The molecule has 1 N–H and O–H groups in total. The zero-order valence-electron chi connectivity index (χ0n) is 10.5. The van der Waals surface area contributed by atoms with Crippen molar-refractivity contribution in [1.82, 2.24) is 0 Å². The summed E-state index contributed by atoms with van der Waals surface area (Å²) in [6, 6.07) is 7.68. The molecule has 1 aliphatic rings. The molecular formula is C14H18O4. The van der Waals surface area contributed by atoms with Crippen LogP contribution >= 0.6 is 0 Å². The summed E-state index contributed by atoms with van der Waals surface area (Å²) in [4.78, 5) is 11.2. The van der Waals surface area contributed by atoms with Gasteiger partial charge in [-0.1, -0.05) is 18.2 Å². The standard InChI is InChI=1S/C14H18O4/c1-17-12-5-3-2-4-11(12)14(10-13(15)16)6-8-18-9-7-14/h2-5H,6-10H2,1H3,(H,15,16). The summed E-state index contributed by atoms with van der Waals surface area (Å²) in [6.45, 7) is 1.21. The number of aliphatic carboxylic acids is 1. The largest absolute Gasteiger partial charge is 0.496 e. The van der Waals surface area contributed by atoms with Crippen LogP contribution in [-0.4, -0.2) is 31.4 Å². The number of ether oxygens (including phenoxy) is 2. The monoisotopic (exact) mass is 250 g/mol. The van der Waals surface area contributed by atoms with Crippen molar-refractivity contribution in [2.45, 2.75) is 24.7 Å². The summed E-state index contributed by atoms with van der Waals surface area (Å²) in [5.41, 5.74) is 0.620. The average molecular weight is 250 g/mol. The fourth-order valence-electron chi connectivity index (χ4n) is 2.68. The van der Waals surface area contributed by atoms with Gasteiger partial charge >= 0.3 is 5.97 Å². The Labute approximate surface area is 107 Å². The Bertz CT molecular complexity index is 422. The number of carbonyl (C=O) groups is 1. The van der Waals surface area contributed by atoms with Gasteiger partial charge in [0.15, 0.2) is 0 Å². The number of hydrogen-bond acceptors (Lipinski definition) is 3. The van der Waals surface area contributed by atoms with E-state index in [1.165, 1.54) is 0 Å². The zero-order chi connectivity index (χ0) is 13.0. The highest BCUT2D eigenvalue weighted by atomic mass is 16.5. The van der Waals surface area contributed by atoms with Crippen LogP contribution in [0.15, 0.2) is 24.3 Å². The number of carboxylic acid groups (broad SMARTS) is 1. The number of methoxy groups -OCH3 is 1. The van der Waals surface area contributed by atoms with Crippen LogP contribution in [-0.2, 0) is 14.9 Å². The van der Waals surface area contributed by atoms with Gasteiger partial charge in [0, 0.05) is 24.2 Å². The average Bonchev–Trinajstić information content (AvgIpc) is 2.39. The van der Waals surface area contributed by atoms with Gasteiger partial charge < -0.3 is 14.6 Å². The topological polar surface area (TPSA) is 55.8 Å². The van der Waals surface area contributed by atoms with E-state index in [2.05, 4.69) is 0 Å². The highest BCUT2D eigenvalue weighted by molar-refractivity contribution is 5.69. The first-order chi connectivity index (χ1) is 8.68. The minimum absolute atomic E-state index is 0.122. The highest BCUT2D eigenvalue weighted by Crippen LogP contribution is 2.42. The molecule has 18 heavy (non-hydrogen) atoms. The maximum atomic E-state index is 11.2. The smallest absolute Gasteiger partial charge is 0.304 e. The molecule has 0 bridgehead atoms. The SMILES string of the molecule is COc1ccccc1C1(CC(=O)O)CCOCC1. The summed E-state index contributed by atoms with van der Waals surface area (Å²) in [5, 5.41) is 9.17. The number of benzene rings is 1. The molecule has 0 spiro atoms. The first-order valence-electron chi connectivity index (χ1n) is 6.11. The number of rotatable bonds is 4. The molecule has 1 fully saturated rings. The second kappa shape index (κ2) is 5.40. The van der Waals surface area contributed by atoms with Crippen LogP contribution in [0.4, 0.5) is 0 Å². The summed E-state index contributed by atoms with van der Waals surface area (Å²) < 4.78 is 10.7. The van der Waals surface area contributed by atoms with E-state index in [-0.39, 0.29) is 11.8 Å². The minimum atomic E-state index is -0.775. The molecule has 0 aliphatic carbocycles. The van der Waals surface area contributed by atoms with Crippen LogP contribution in [0.2, 0.25) is 0 Å². The molecule has 0 saturated carbocycles. The van der Waals surface area contributed by atoms with Gasteiger partial charge in [0.1, 0.15) is 5.75 Å². The van der Waals surface area contributed by atoms with E-state index in [1.54, 1.807) is 7.11 Å². The molecule has 2 rings (SSSR count). The van der Waals surface area contributed by atoms with Gasteiger partial charge in [-0.05, 0) is 18.9 Å². The number of para-hydroxylation sites is 1. The first-order valence-corrected chi connectivity index (χ1v) is 6.11. The summed E-state index contributed by atoms with van der Waals surface area (Å²) in [6.07, 6.45) is 1.57. The number of hydrogen-bond donors (Lipinski definition) is 1. The molecular weight excluding hydrogens is 232 g/mol. The molecule has 1 heterocycles. The van der Waals surface area contributed by atoms with Crippen molar-refractivity contribution in [3.8, 4) is 5.75 Å². The van der Waals surface area contributed by atoms with Gasteiger partial charge in [0.25, 0.3) is 0 Å². The van der Waals surface area contributed by atoms with E-state index in [1.807, 2.05) is 24.3 Å². The molecule has 4 nitrogen and oxygen atoms in total. The van der Waals surface area contributed by atoms with Crippen LogP contribution in [0, 0.1) is 0 Å². The number of carboxylic acids is 1. The van der Waals surface area contributed by atoms with Crippen molar-refractivity contribution in [3.63, 3.8) is 0 Å². The van der Waals surface area contributed by atoms with Crippen LogP contribution in [0.5, 0.6) is 5.75 Å². The summed E-state index contributed by atoms with van der Waals surface area (Å²) in [7, 11) is 1.62. The zero-order valence-corrected chi connectivity index (χ0v) is 10.5. The quantitative estimate of drug-likeness (QED) is 0.890. The molecule has 0 atom stereocenters. The van der Waals surface area contributed by atoms with Gasteiger partial charge in [-0.3, -0.25) is 4.79 Å². The van der Waals surface area contributed by atoms with Crippen LogP contribution in [0.1, 0.15) is 24.8 Å². The van der Waals surface area contributed by atoms with Gasteiger partial charge in [-0.2, -0.15) is 0 Å². The third-order valence-electron chi connectivity index (χ3n) is 3.62. The van der Waals surface area contributed by atoms with Crippen LogP contribution in [0.3, 0.4) is 0 Å². The predicted octanol–water partition coefficient (Wildman–Crippen LogP) is 2.22. The Morgan fingerprint density at radius 2 is 2.06 bits per heavy atom. The van der Waals surface area contributed by atoms with Gasteiger partial charge in [0.2, 0.25) is 0 Å². The predicted molar refractivity (Wildman–Crippen MR) is 67.0 cm³/mol. The summed E-state index contributed by atoms with van der Waals surface area (Å²) in [5.74, 6) is -0.0107. The van der Waals surface area contributed by atoms with E-state index in [4.69, 9.17) is 9.47 Å². The Balaban J connectivity index is 2.41. The van der Waals surface area contributed by atoms with Gasteiger partial charge in [-0.15, -0.1) is 0 Å². The van der Waals surface area contributed by atoms with E-state index in [0.717, 1.165) is 24.2 Å². The van der Waals surface area contributed by atoms with Crippen molar-refractivity contribution >= 4 is 5.97 Å². The lowest BCUT2D eigenvalue weighted by Gasteiger charge is -2.37. The minimum Gasteiger partial charge on any atom is -0.496 e. The molecule has 4 heteroatoms. The molecule has 1 aliphatic heterocycles. The highest BCUT2D eigenvalue weighted by Gasteiger charge is 2.38. The van der Waals surface area contributed by atoms with Crippen molar-refractivity contribution < 1.29 is 19.4 Å². The van der Waals surface area contributed by atoms with E-state index in [9.17, 15) is 9.90 Å². The Hall–Kier alpha value is -1.55. The Morgan fingerprint density at radius 1 is 1.39 bits per heavy atom. The fraction of sp³-hybridized carbons (Fsp3) is 0.500. The first kappa shape index (κ1) is 12.9. The molecule has 0 aromatic heterocycles. The van der Waals surface area contributed by atoms with Crippen molar-refractivity contribution in [2.24, 2.45) is 0 Å². The third-order valence-corrected chi connectivity index (χ3v) is 3.62. The fourth-order valence-corrected chi connectivity index (χ4v) is 2.68. The molecule has 0 radical (unpaired) electrons. The lowest BCUT2D eigenvalue weighted by Crippen LogP contribution is -2.36. The van der Waals surface area contributed by atoms with Crippen LogP contribution < -0.4 is 4.74 Å². The molecule has 98 valence electrons.